The van der Waals surface area contributed by atoms with Gasteiger partial charge in [-0.15, -0.1) is 0 Å². The second-order valence-electron chi connectivity index (χ2n) is 3.56. The topological polar surface area (TPSA) is 57.6 Å². The molecule has 1 rings (SSSR count). The molecule has 17 heavy (non-hydrogen) atoms. The van der Waals surface area contributed by atoms with E-state index in [0.29, 0.717) is 17.1 Å². The molecule has 0 spiro atoms. The van der Waals surface area contributed by atoms with Crippen LogP contribution in [0.1, 0.15) is 12.5 Å². The van der Waals surface area contributed by atoms with E-state index >= 15 is 0 Å². The first-order valence-electron chi connectivity index (χ1n) is 5.33. The molecule has 1 aromatic carbocycles. The van der Waals surface area contributed by atoms with E-state index in [1.807, 2.05) is 0 Å². The molecule has 96 valence electrons. The Labute approximate surface area is 107 Å². The molecule has 0 aliphatic rings. The van der Waals surface area contributed by atoms with Crippen molar-refractivity contribution < 1.29 is 13.5 Å². The second-order valence-corrected chi connectivity index (χ2v) is 5.94. The Bertz CT molecular complexity index is 462. The van der Waals surface area contributed by atoms with Crippen LogP contribution in [0.25, 0.3) is 0 Å². The van der Waals surface area contributed by atoms with Gasteiger partial charge in [-0.2, -0.15) is 4.31 Å². The number of nitrogens with zero attached hydrogens (tertiary/aromatic N) is 1. The van der Waals surface area contributed by atoms with Gasteiger partial charge in [-0.1, -0.05) is 36.7 Å². The molecule has 0 heterocycles. The first-order chi connectivity index (χ1) is 8.01. The molecule has 0 unspecified atom stereocenters. The van der Waals surface area contributed by atoms with Crippen LogP contribution in [0.15, 0.2) is 24.3 Å². The second kappa shape index (κ2) is 6.35. The fraction of sp³-hybridized carbons (Fsp3) is 0.455. The summed E-state index contributed by atoms with van der Waals surface area (Å²) in [5, 5.41) is 9.26. The van der Waals surface area contributed by atoms with Gasteiger partial charge in [0.1, 0.15) is 0 Å². The van der Waals surface area contributed by atoms with Gasteiger partial charge in [-0.25, -0.2) is 8.42 Å². The third-order valence-corrected chi connectivity index (χ3v) is 4.66. The Morgan fingerprint density at radius 1 is 1.35 bits per heavy atom. The van der Waals surface area contributed by atoms with Crippen molar-refractivity contribution >= 4 is 21.6 Å². The van der Waals surface area contributed by atoms with Crippen LogP contribution in [0, 0.1) is 0 Å². The van der Waals surface area contributed by atoms with Crippen LogP contribution in [-0.4, -0.2) is 37.5 Å². The minimum Gasteiger partial charge on any atom is -0.395 e. The largest absolute Gasteiger partial charge is 0.395 e. The predicted octanol–water partition coefficient (Wildman–Crippen LogP) is 1.48. The fourth-order valence-electron chi connectivity index (χ4n) is 1.51. The van der Waals surface area contributed by atoms with Crippen molar-refractivity contribution in [3.8, 4) is 0 Å². The third kappa shape index (κ3) is 3.96. The molecule has 0 atom stereocenters. The summed E-state index contributed by atoms with van der Waals surface area (Å²) >= 11 is 5.92. The molecule has 0 aliphatic carbocycles. The summed E-state index contributed by atoms with van der Waals surface area (Å²) in [4.78, 5) is 0. The lowest BCUT2D eigenvalue weighted by Gasteiger charge is -2.19. The van der Waals surface area contributed by atoms with E-state index < -0.39 is 10.0 Å². The Kier molecular flexibility index (Phi) is 5.39. The standard InChI is InChI=1S/C11H16ClNO3S/c1-2-13(7-8-14)17(15,16)9-10-5-3-4-6-11(10)12/h3-6,14H,2,7-9H2,1H3. The van der Waals surface area contributed by atoms with Gasteiger partial charge in [0.15, 0.2) is 0 Å². The van der Waals surface area contributed by atoms with Gasteiger partial charge >= 0.3 is 0 Å². The molecule has 0 aromatic heterocycles. The predicted molar refractivity (Wildman–Crippen MR) is 68.4 cm³/mol. The van der Waals surface area contributed by atoms with Crippen molar-refractivity contribution in [2.75, 3.05) is 19.7 Å². The molecule has 0 amide bonds. The molecular formula is C11H16ClNO3S. The molecular weight excluding hydrogens is 262 g/mol. The molecule has 1 aromatic rings. The number of hydrogen-bond acceptors (Lipinski definition) is 3. The average molecular weight is 278 g/mol. The number of likely N-dealkylation sites (N-methyl/N-ethyl adjacent to an activating group) is 1. The van der Waals surface area contributed by atoms with Crippen LogP contribution >= 0.6 is 11.6 Å². The van der Waals surface area contributed by atoms with Crippen LogP contribution in [-0.2, 0) is 15.8 Å². The Morgan fingerprint density at radius 3 is 2.53 bits per heavy atom. The molecule has 0 saturated carbocycles. The van der Waals surface area contributed by atoms with Crippen molar-refractivity contribution in [2.45, 2.75) is 12.7 Å². The van der Waals surface area contributed by atoms with Gasteiger partial charge in [0.2, 0.25) is 10.0 Å². The summed E-state index contributed by atoms with van der Waals surface area (Å²) in [5.74, 6) is -0.138. The fourth-order valence-corrected chi connectivity index (χ4v) is 3.37. The minimum atomic E-state index is -3.42. The summed E-state index contributed by atoms with van der Waals surface area (Å²) in [7, 11) is -3.42. The van der Waals surface area contributed by atoms with Gasteiger partial charge in [0.25, 0.3) is 0 Å². The van der Waals surface area contributed by atoms with E-state index in [4.69, 9.17) is 16.7 Å². The van der Waals surface area contributed by atoms with E-state index in [1.54, 1.807) is 31.2 Å². The highest BCUT2D eigenvalue weighted by Crippen LogP contribution is 2.19. The van der Waals surface area contributed by atoms with Gasteiger partial charge in [0.05, 0.1) is 12.4 Å². The van der Waals surface area contributed by atoms with Gasteiger partial charge in [-0.3, -0.25) is 0 Å². The zero-order valence-corrected chi connectivity index (χ0v) is 11.2. The van der Waals surface area contributed by atoms with Crippen molar-refractivity contribution in [1.29, 1.82) is 0 Å². The number of halogens is 1. The van der Waals surface area contributed by atoms with Crippen molar-refractivity contribution in [3.63, 3.8) is 0 Å². The highest BCUT2D eigenvalue weighted by atomic mass is 35.5. The smallest absolute Gasteiger partial charge is 0.218 e. The molecule has 4 nitrogen and oxygen atoms in total. The van der Waals surface area contributed by atoms with Crippen LogP contribution < -0.4 is 0 Å². The number of aliphatic hydroxyl groups excluding tert-OH is 1. The van der Waals surface area contributed by atoms with E-state index in [9.17, 15) is 8.42 Å². The lowest BCUT2D eigenvalue weighted by molar-refractivity contribution is 0.257. The average Bonchev–Trinajstić information content (AvgIpc) is 2.28. The van der Waals surface area contributed by atoms with Gasteiger partial charge < -0.3 is 5.11 Å². The third-order valence-electron chi connectivity index (χ3n) is 2.39. The normalized spacial score (nSPS) is 12.0. The maximum absolute atomic E-state index is 12.0. The molecule has 6 heteroatoms. The molecule has 0 bridgehead atoms. The number of rotatable bonds is 6. The molecule has 0 aliphatic heterocycles. The maximum Gasteiger partial charge on any atom is 0.218 e. The van der Waals surface area contributed by atoms with Crippen molar-refractivity contribution in [3.05, 3.63) is 34.9 Å². The number of aliphatic hydroxyl groups is 1. The highest BCUT2D eigenvalue weighted by molar-refractivity contribution is 7.88. The summed E-state index contributed by atoms with van der Waals surface area (Å²) in [6.07, 6.45) is 0. The lowest BCUT2D eigenvalue weighted by atomic mass is 10.2. The van der Waals surface area contributed by atoms with Gasteiger partial charge in [0, 0.05) is 18.1 Å². The SMILES string of the molecule is CCN(CCO)S(=O)(=O)Cc1ccccc1Cl. The van der Waals surface area contributed by atoms with Crippen LogP contribution in [0.5, 0.6) is 0 Å². The summed E-state index contributed by atoms with van der Waals surface area (Å²) < 4.78 is 25.3. The summed E-state index contributed by atoms with van der Waals surface area (Å²) in [5.41, 5.74) is 0.575. The number of hydrogen-bond donors (Lipinski definition) is 1. The maximum atomic E-state index is 12.0. The molecule has 0 saturated heterocycles. The van der Waals surface area contributed by atoms with Crippen LogP contribution in [0.4, 0.5) is 0 Å². The zero-order chi connectivity index (χ0) is 12.9. The Hall–Kier alpha value is -0.620. The molecule has 0 fully saturated rings. The number of benzene rings is 1. The van der Waals surface area contributed by atoms with E-state index in [1.165, 1.54) is 4.31 Å². The minimum absolute atomic E-state index is 0.114. The zero-order valence-electron chi connectivity index (χ0n) is 9.63. The van der Waals surface area contributed by atoms with E-state index in [0.717, 1.165) is 0 Å². The molecule has 1 N–H and O–H groups in total. The van der Waals surface area contributed by atoms with Gasteiger partial charge in [-0.05, 0) is 11.6 Å². The molecule has 0 radical (unpaired) electrons. The first-order valence-corrected chi connectivity index (χ1v) is 7.32. The first kappa shape index (κ1) is 14.4. The number of sulfonamides is 1. The van der Waals surface area contributed by atoms with Crippen molar-refractivity contribution in [1.82, 2.24) is 4.31 Å². The Balaban J connectivity index is 2.89. The monoisotopic (exact) mass is 277 g/mol. The summed E-state index contributed by atoms with van der Waals surface area (Å²) in [6, 6.07) is 6.85. The lowest BCUT2D eigenvalue weighted by Crippen LogP contribution is -2.34. The van der Waals surface area contributed by atoms with Crippen LogP contribution in [0.3, 0.4) is 0 Å². The highest BCUT2D eigenvalue weighted by Gasteiger charge is 2.21. The van der Waals surface area contributed by atoms with E-state index in [2.05, 4.69) is 0 Å². The van der Waals surface area contributed by atoms with E-state index in [-0.39, 0.29) is 18.9 Å². The Morgan fingerprint density at radius 2 is 2.00 bits per heavy atom. The quantitative estimate of drug-likeness (QED) is 0.857. The van der Waals surface area contributed by atoms with Crippen LogP contribution in [0.2, 0.25) is 5.02 Å². The van der Waals surface area contributed by atoms with Crippen molar-refractivity contribution in [2.24, 2.45) is 0 Å². The summed E-state index contributed by atoms with van der Waals surface area (Å²) in [6.45, 7) is 2.01.